The summed E-state index contributed by atoms with van der Waals surface area (Å²) in [6.45, 7) is -0.247. The van der Waals surface area contributed by atoms with E-state index >= 15 is 0 Å². The number of nitro benzene ring substituents is 1. The first-order valence-electron chi connectivity index (χ1n) is 5.77. The van der Waals surface area contributed by atoms with Crippen molar-refractivity contribution in [3.63, 3.8) is 0 Å². The standard InChI is InChI=1S/C14H8ClFN2O3/c15-12-2-1-3-14(11(12)7-17)21-8-9-6-10(16)4-5-13(9)18(19)20/h1-6H,8H2. The number of rotatable bonds is 4. The van der Waals surface area contributed by atoms with Gasteiger partial charge in [-0.15, -0.1) is 0 Å². The van der Waals surface area contributed by atoms with Gasteiger partial charge in [0.15, 0.2) is 0 Å². The highest BCUT2D eigenvalue weighted by atomic mass is 35.5. The van der Waals surface area contributed by atoms with Crippen molar-refractivity contribution in [1.29, 1.82) is 5.26 Å². The molecule has 106 valence electrons. The molecule has 0 aliphatic rings. The number of halogens is 2. The Morgan fingerprint density at radius 2 is 2.14 bits per heavy atom. The average molecular weight is 307 g/mol. The highest BCUT2D eigenvalue weighted by Crippen LogP contribution is 2.27. The molecule has 0 unspecified atom stereocenters. The lowest BCUT2D eigenvalue weighted by Crippen LogP contribution is -2.02. The van der Waals surface area contributed by atoms with Gasteiger partial charge < -0.3 is 4.74 Å². The Kier molecular flexibility index (Phi) is 4.36. The maximum absolute atomic E-state index is 13.2. The van der Waals surface area contributed by atoms with Crippen LogP contribution >= 0.6 is 11.6 Å². The van der Waals surface area contributed by atoms with Crippen LogP contribution in [0.2, 0.25) is 5.02 Å². The van der Waals surface area contributed by atoms with Crippen molar-refractivity contribution in [2.75, 3.05) is 0 Å². The molecule has 0 aliphatic carbocycles. The lowest BCUT2D eigenvalue weighted by Gasteiger charge is -2.09. The van der Waals surface area contributed by atoms with Gasteiger partial charge in [0.05, 0.1) is 15.5 Å². The number of ether oxygens (including phenoxy) is 1. The molecule has 0 heterocycles. The van der Waals surface area contributed by atoms with Crippen LogP contribution in [-0.2, 0) is 6.61 Å². The maximum atomic E-state index is 13.2. The van der Waals surface area contributed by atoms with Crippen LogP contribution in [0.3, 0.4) is 0 Å². The summed E-state index contributed by atoms with van der Waals surface area (Å²) in [4.78, 5) is 10.3. The largest absolute Gasteiger partial charge is 0.487 e. The van der Waals surface area contributed by atoms with Crippen molar-refractivity contribution in [1.82, 2.24) is 0 Å². The molecule has 21 heavy (non-hydrogen) atoms. The van der Waals surface area contributed by atoms with Gasteiger partial charge in [0.1, 0.15) is 29.8 Å². The van der Waals surface area contributed by atoms with Gasteiger partial charge in [-0.1, -0.05) is 17.7 Å². The molecule has 0 radical (unpaired) electrons. The molecule has 2 rings (SSSR count). The van der Waals surface area contributed by atoms with Gasteiger partial charge in [-0.05, 0) is 24.3 Å². The van der Waals surface area contributed by atoms with E-state index in [1.54, 1.807) is 6.07 Å². The van der Waals surface area contributed by atoms with Crippen LogP contribution < -0.4 is 4.74 Å². The van der Waals surface area contributed by atoms with Crippen molar-refractivity contribution < 1.29 is 14.1 Å². The summed E-state index contributed by atoms with van der Waals surface area (Å²) in [6.07, 6.45) is 0. The van der Waals surface area contributed by atoms with Gasteiger partial charge in [0.2, 0.25) is 0 Å². The molecule has 0 N–H and O–H groups in total. The van der Waals surface area contributed by atoms with Gasteiger partial charge in [0, 0.05) is 6.07 Å². The zero-order chi connectivity index (χ0) is 15.4. The molecule has 0 amide bonds. The fraction of sp³-hybridized carbons (Fsp3) is 0.0714. The third kappa shape index (κ3) is 3.27. The molecule has 0 bridgehead atoms. The third-order valence-corrected chi connectivity index (χ3v) is 3.02. The predicted molar refractivity (Wildman–Crippen MR) is 73.6 cm³/mol. The Bertz CT molecular complexity index is 743. The van der Waals surface area contributed by atoms with E-state index in [4.69, 9.17) is 21.6 Å². The van der Waals surface area contributed by atoms with E-state index in [1.807, 2.05) is 6.07 Å². The summed E-state index contributed by atoms with van der Waals surface area (Å²) in [5.74, 6) is -0.422. The van der Waals surface area contributed by atoms with Crippen LogP contribution in [0.4, 0.5) is 10.1 Å². The Morgan fingerprint density at radius 3 is 2.81 bits per heavy atom. The number of hydrogen-bond acceptors (Lipinski definition) is 4. The summed E-state index contributed by atoms with van der Waals surface area (Å²) in [5, 5.41) is 20.1. The number of hydrogen-bond donors (Lipinski definition) is 0. The second-order valence-corrected chi connectivity index (χ2v) is 4.45. The molecular weight excluding hydrogens is 299 g/mol. The highest BCUT2D eigenvalue weighted by Gasteiger charge is 2.16. The molecule has 0 saturated carbocycles. The van der Waals surface area contributed by atoms with E-state index < -0.39 is 10.7 Å². The molecule has 0 aromatic heterocycles. The summed E-state index contributed by atoms with van der Waals surface area (Å²) >= 11 is 5.85. The van der Waals surface area contributed by atoms with Crippen LogP contribution in [0.1, 0.15) is 11.1 Å². The first-order chi connectivity index (χ1) is 10.0. The van der Waals surface area contributed by atoms with Gasteiger partial charge >= 0.3 is 0 Å². The van der Waals surface area contributed by atoms with Crippen LogP contribution in [-0.4, -0.2) is 4.92 Å². The van der Waals surface area contributed by atoms with Crippen molar-refractivity contribution in [3.05, 3.63) is 68.5 Å². The first kappa shape index (κ1) is 14.8. The van der Waals surface area contributed by atoms with Crippen molar-refractivity contribution in [2.24, 2.45) is 0 Å². The lowest BCUT2D eigenvalue weighted by molar-refractivity contribution is -0.385. The quantitative estimate of drug-likeness (QED) is 0.635. The molecule has 7 heteroatoms. The van der Waals surface area contributed by atoms with Gasteiger partial charge in [-0.2, -0.15) is 5.26 Å². The van der Waals surface area contributed by atoms with Crippen LogP contribution in [0.15, 0.2) is 36.4 Å². The molecule has 0 atom stereocenters. The average Bonchev–Trinajstić information content (AvgIpc) is 2.44. The zero-order valence-electron chi connectivity index (χ0n) is 10.5. The van der Waals surface area contributed by atoms with Gasteiger partial charge in [-0.3, -0.25) is 10.1 Å². The Labute approximate surface area is 124 Å². The second kappa shape index (κ2) is 6.20. The minimum absolute atomic E-state index is 0.0730. The van der Waals surface area contributed by atoms with Crippen molar-refractivity contribution >= 4 is 17.3 Å². The summed E-state index contributed by atoms with van der Waals surface area (Å²) in [5.41, 5.74) is -0.0565. The van der Waals surface area contributed by atoms with E-state index in [2.05, 4.69) is 0 Å². The number of nitriles is 1. The number of benzene rings is 2. The minimum Gasteiger partial charge on any atom is -0.487 e. The fourth-order valence-electron chi connectivity index (χ4n) is 1.74. The molecule has 2 aromatic rings. The number of nitro groups is 1. The minimum atomic E-state index is -0.624. The van der Waals surface area contributed by atoms with Gasteiger partial charge in [0.25, 0.3) is 5.69 Å². The fourth-order valence-corrected chi connectivity index (χ4v) is 1.94. The summed E-state index contributed by atoms with van der Waals surface area (Å²) in [6, 6.07) is 9.59. The molecule has 0 aliphatic heterocycles. The van der Waals surface area contributed by atoms with Crippen molar-refractivity contribution in [2.45, 2.75) is 6.61 Å². The first-order valence-corrected chi connectivity index (χ1v) is 6.15. The monoisotopic (exact) mass is 306 g/mol. The molecule has 0 fully saturated rings. The van der Waals surface area contributed by atoms with E-state index in [0.717, 1.165) is 18.2 Å². The normalized spacial score (nSPS) is 9.95. The highest BCUT2D eigenvalue weighted by molar-refractivity contribution is 6.31. The lowest BCUT2D eigenvalue weighted by atomic mass is 10.2. The summed E-state index contributed by atoms with van der Waals surface area (Å²) in [7, 11) is 0. The molecule has 5 nitrogen and oxygen atoms in total. The van der Waals surface area contributed by atoms with Crippen LogP contribution in [0, 0.1) is 27.3 Å². The van der Waals surface area contributed by atoms with E-state index in [-0.39, 0.29) is 34.2 Å². The molecule has 0 saturated heterocycles. The Balaban J connectivity index is 2.29. The van der Waals surface area contributed by atoms with Gasteiger partial charge in [-0.25, -0.2) is 4.39 Å². The van der Waals surface area contributed by atoms with E-state index in [0.29, 0.717) is 0 Å². The number of nitrogens with zero attached hydrogens (tertiary/aromatic N) is 2. The van der Waals surface area contributed by atoms with Crippen LogP contribution in [0.25, 0.3) is 0 Å². The SMILES string of the molecule is N#Cc1c(Cl)cccc1OCc1cc(F)ccc1[N+](=O)[O-]. The topological polar surface area (TPSA) is 76.2 Å². The maximum Gasteiger partial charge on any atom is 0.276 e. The molecule has 0 spiro atoms. The summed E-state index contributed by atoms with van der Waals surface area (Å²) < 4.78 is 18.6. The second-order valence-electron chi connectivity index (χ2n) is 4.04. The van der Waals surface area contributed by atoms with E-state index in [1.165, 1.54) is 12.1 Å². The predicted octanol–water partition coefficient (Wildman–Crippen LogP) is 3.84. The molecule has 2 aromatic carbocycles. The Morgan fingerprint density at radius 1 is 1.38 bits per heavy atom. The Hall–Kier alpha value is -2.65. The van der Waals surface area contributed by atoms with Crippen molar-refractivity contribution in [3.8, 4) is 11.8 Å². The molecular formula is C14H8ClFN2O3. The smallest absolute Gasteiger partial charge is 0.276 e. The van der Waals surface area contributed by atoms with Crippen LogP contribution in [0.5, 0.6) is 5.75 Å². The third-order valence-electron chi connectivity index (χ3n) is 2.71. The zero-order valence-corrected chi connectivity index (χ0v) is 11.3. The van der Waals surface area contributed by atoms with E-state index in [9.17, 15) is 14.5 Å².